The van der Waals surface area contributed by atoms with Crippen molar-refractivity contribution in [1.29, 1.82) is 0 Å². The predicted molar refractivity (Wildman–Crippen MR) is 94.4 cm³/mol. The van der Waals surface area contributed by atoms with Crippen LogP contribution in [-0.2, 0) is 13.6 Å². The first kappa shape index (κ1) is 16.8. The standard InChI is InChI=1S/C16H15ClN6O2/c1-10-9-22(2)15(20-10)12-5-3-11(4-6-12)7-18-14-13(23(24)25)8-19-16(17)21-14/h3-6,8-9H,7H2,1-2H3,(H,18,19,21). The van der Waals surface area contributed by atoms with Gasteiger partial charge in [0.2, 0.25) is 11.1 Å². The van der Waals surface area contributed by atoms with Crippen molar-refractivity contribution in [3.8, 4) is 11.4 Å². The zero-order valence-corrected chi connectivity index (χ0v) is 14.4. The van der Waals surface area contributed by atoms with Gasteiger partial charge in [-0.3, -0.25) is 10.1 Å². The van der Waals surface area contributed by atoms with E-state index < -0.39 is 4.92 Å². The average molecular weight is 359 g/mol. The first-order valence-electron chi connectivity index (χ1n) is 7.44. The van der Waals surface area contributed by atoms with Gasteiger partial charge in [0.25, 0.3) is 0 Å². The molecule has 0 unspecified atom stereocenters. The summed E-state index contributed by atoms with van der Waals surface area (Å²) >= 11 is 5.71. The number of nitrogens with zero attached hydrogens (tertiary/aromatic N) is 5. The van der Waals surface area contributed by atoms with Crippen LogP contribution in [0.4, 0.5) is 11.5 Å². The second-order valence-corrected chi connectivity index (χ2v) is 5.84. The van der Waals surface area contributed by atoms with Crippen molar-refractivity contribution in [2.45, 2.75) is 13.5 Å². The van der Waals surface area contributed by atoms with Gasteiger partial charge in [-0.25, -0.2) is 9.97 Å². The molecule has 2 aromatic heterocycles. The summed E-state index contributed by atoms with van der Waals surface area (Å²) in [6, 6.07) is 7.78. The van der Waals surface area contributed by atoms with Gasteiger partial charge >= 0.3 is 5.69 Å². The van der Waals surface area contributed by atoms with E-state index in [9.17, 15) is 10.1 Å². The minimum absolute atomic E-state index is 0.0476. The summed E-state index contributed by atoms with van der Waals surface area (Å²) in [5.74, 6) is 0.976. The Morgan fingerprint density at radius 3 is 2.60 bits per heavy atom. The highest BCUT2D eigenvalue weighted by Gasteiger charge is 2.16. The van der Waals surface area contributed by atoms with E-state index in [2.05, 4.69) is 20.3 Å². The lowest BCUT2D eigenvalue weighted by molar-refractivity contribution is -0.384. The van der Waals surface area contributed by atoms with E-state index in [1.54, 1.807) is 0 Å². The Labute approximate surface area is 148 Å². The molecule has 25 heavy (non-hydrogen) atoms. The van der Waals surface area contributed by atoms with E-state index in [0.717, 1.165) is 28.8 Å². The first-order chi connectivity index (χ1) is 11.9. The Kier molecular flexibility index (Phi) is 4.62. The van der Waals surface area contributed by atoms with E-state index >= 15 is 0 Å². The smallest absolute Gasteiger partial charge is 0.329 e. The summed E-state index contributed by atoms with van der Waals surface area (Å²) in [5.41, 5.74) is 2.68. The molecule has 0 saturated heterocycles. The van der Waals surface area contributed by atoms with E-state index in [0.29, 0.717) is 6.54 Å². The monoisotopic (exact) mass is 358 g/mol. The van der Waals surface area contributed by atoms with Crippen LogP contribution in [0.2, 0.25) is 5.28 Å². The summed E-state index contributed by atoms with van der Waals surface area (Å²) < 4.78 is 1.97. The predicted octanol–water partition coefficient (Wildman–Crippen LogP) is 3.36. The van der Waals surface area contributed by atoms with Crippen molar-refractivity contribution in [2.75, 3.05) is 5.32 Å². The Hall–Kier alpha value is -3.00. The summed E-state index contributed by atoms with van der Waals surface area (Å²) in [4.78, 5) is 22.5. The molecule has 0 aliphatic rings. The van der Waals surface area contributed by atoms with E-state index in [1.807, 2.05) is 49.0 Å². The molecule has 1 N–H and O–H groups in total. The number of anilines is 1. The minimum atomic E-state index is -0.550. The molecule has 0 atom stereocenters. The third kappa shape index (κ3) is 3.74. The van der Waals surface area contributed by atoms with E-state index in [4.69, 9.17) is 11.6 Å². The van der Waals surface area contributed by atoms with Crippen LogP contribution in [0.25, 0.3) is 11.4 Å². The molecule has 8 nitrogen and oxygen atoms in total. The molecule has 0 radical (unpaired) electrons. The number of imidazole rings is 1. The van der Waals surface area contributed by atoms with Crippen LogP contribution in [-0.4, -0.2) is 24.4 Å². The highest BCUT2D eigenvalue weighted by atomic mass is 35.5. The molecule has 0 bridgehead atoms. The number of nitro groups is 1. The average Bonchev–Trinajstić information content (AvgIpc) is 2.91. The van der Waals surface area contributed by atoms with Crippen molar-refractivity contribution in [1.82, 2.24) is 19.5 Å². The van der Waals surface area contributed by atoms with Crippen LogP contribution >= 0.6 is 11.6 Å². The maximum Gasteiger partial charge on any atom is 0.329 e. The maximum atomic E-state index is 11.0. The van der Waals surface area contributed by atoms with Gasteiger partial charge in [-0.2, -0.15) is 4.98 Å². The lowest BCUT2D eigenvalue weighted by Gasteiger charge is -2.07. The van der Waals surface area contributed by atoms with Gasteiger partial charge < -0.3 is 9.88 Å². The summed E-state index contributed by atoms with van der Waals surface area (Å²) in [6.45, 7) is 2.32. The van der Waals surface area contributed by atoms with Gasteiger partial charge in [-0.15, -0.1) is 0 Å². The summed E-state index contributed by atoms with van der Waals surface area (Å²) in [5, 5.41) is 13.9. The number of halogens is 1. The maximum absolute atomic E-state index is 11.0. The molecule has 2 heterocycles. The normalized spacial score (nSPS) is 10.7. The van der Waals surface area contributed by atoms with Crippen molar-refractivity contribution in [3.63, 3.8) is 0 Å². The van der Waals surface area contributed by atoms with Gasteiger partial charge in [0.1, 0.15) is 12.0 Å². The quantitative estimate of drug-likeness (QED) is 0.426. The molecule has 0 saturated carbocycles. The molecule has 9 heteroatoms. The molecule has 0 fully saturated rings. The molecule has 128 valence electrons. The highest BCUT2D eigenvalue weighted by Crippen LogP contribution is 2.23. The Bertz CT molecular complexity index is 923. The molecular formula is C16H15ClN6O2. The number of aromatic nitrogens is 4. The van der Waals surface area contributed by atoms with Crippen molar-refractivity contribution < 1.29 is 4.92 Å². The fraction of sp³-hybridized carbons (Fsp3) is 0.188. The minimum Gasteiger partial charge on any atom is -0.360 e. The number of hydrogen-bond acceptors (Lipinski definition) is 6. The Morgan fingerprint density at radius 2 is 2.00 bits per heavy atom. The van der Waals surface area contributed by atoms with Crippen molar-refractivity contribution in [3.05, 3.63) is 63.3 Å². The molecule has 0 amide bonds. The van der Waals surface area contributed by atoms with Crippen molar-refractivity contribution in [2.24, 2.45) is 7.05 Å². The fourth-order valence-corrected chi connectivity index (χ4v) is 2.59. The molecule has 3 rings (SSSR count). The molecule has 0 aliphatic carbocycles. The molecule has 3 aromatic rings. The van der Waals surface area contributed by atoms with Crippen LogP contribution in [0, 0.1) is 17.0 Å². The lowest BCUT2D eigenvalue weighted by Crippen LogP contribution is -2.05. The van der Waals surface area contributed by atoms with Gasteiger partial charge in [0.15, 0.2) is 0 Å². The fourth-order valence-electron chi connectivity index (χ4n) is 2.46. The third-order valence-corrected chi connectivity index (χ3v) is 3.79. The third-order valence-electron chi connectivity index (χ3n) is 3.61. The van der Waals surface area contributed by atoms with Gasteiger partial charge in [0, 0.05) is 25.4 Å². The largest absolute Gasteiger partial charge is 0.360 e. The van der Waals surface area contributed by atoms with E-state index in [-0.39, 0.29) is 16.8 Å². The lowest BCUT2D eigenvalue weighted by atomic mass is 10.1. The SMILES string of the molecule is Cc1cn(C)c(-c2ccc(CNc3nc(Cl)ncc3[N+](=O)[O-])cc2)n1. The second kappa shape index (κ2) is 6.86. The van der Waals surface area contributed by atoms with Crippen LogP contribution in [0.3, 0.4) is 0 Å². The summed E-state index contributed by atoms with van der Waals surface area (Å²) in [7, 11) is 1.95. The van der Waals surface area contributed by atoms with Gasteiger partial charge in [-0.05, 0) is 24.1 Å². The first-order valence-corrected chi connectivity index (χ1v) is 7.82. The number of aryl methyl sites for hydroxylation is 2. The van der Waals surface area contributed by atoms with E-state index in [1.165, 1.54) is 0 Å². The number of nitrogens with one attached hydrogen (secondary N) is 1. The van der Waals surface area contributed by atoms with Crippen molar-refractivity contribution >= 4 is 23.1 Å². The Morgan fingerprint density at radius 1 is 1.28 bits per heavy atom. The zero-order valence-electron chi connectivity index (χ0n) is 13.6. The van der Waals surface area contributed by atoms with Gasteiger partial charge in [-0.1, -0.05) is 24.3 Å². The number of rotatable bonds is 5. The van der Waals surface area contributed by atoms with Crippen LogP contribution in [0.15, 0.2) is 36.7 Å². The second-order valence-electron chi connectivity index (χ2n) is 5.50. The number of hydrogen-bond donors (Lipinski definition) is 1. The highest BCUT2D eigenvalue weighted by molar-refractivity contribution is 6.28. The van der Waals surface area contributed by atoms with Crippen LogP contribution < -0.4 is 5.32 Å². The molecule has 1 aromatic carbocycles. The number of benzene rings is 1. The molecular weight excluding hydrogens is 344 g/mol. The molecule has 0 aliphatic heterocycles. The summed E-state index contributed by atoms with van der Waals surface area (Å²) in [6.07, 6.45) is 3.05. The van der Waals surface area contributed by atoms with Gasteiger partial charge in [0.05, 0.1) is 10.6 Å². The Balaban J connectivity index is 1.76. The van der Waals surface area contributed by atoms with Crippen LogP contribution in [0.5, 0.6) is 0 Å². The topological polar surface area (TPSA) is 98.8 Å². The van der Waals surface area contributed by atoms with Crippen LogP contribution in [0.1, 0.15) is 11.3 Å². The molecule has 0 spiro atoms. The zero-order chi connectivity index (χ0) is 18.0.